The van der Waals surface area contributed by atoms with Crippen LogP contribution in [0.3, 0.4) is 0 Å². The number of fused-ring (bicyclic) bond motifs is 2. The molecular weight excluding hydrogens is 446 g/mol. The van der Waals surface area contributed by atoms with Crippen molar-refractivity contribution in [2.24, 2.45) is 5.73 Å². The fourth-order valence-electron chi connectivity index (χ4n) is 4.52. The van der Waals surface area contributed by atoms with E-state index in [1.165, 1.54) is 11.3 Å². The van der Waals surface area contributed by atoms with Crippen LogP contribution >= 0.6 is 11.3 Å². The molecule has 0 bridgehead atoms. The molecule has 4 aromatic rings. The minimum atomic E-state index is -0.229. The number of carbonyl (C=O) groups excluding carboxylic acids is 1. The van der Waals surface area contributed by atoms with Crippen molar-refractivity contribution in [1.29, 1.82) is 5.41 Å². The average Bonchev–Trinajstić information content (AvgIpc) is 3.25. The number of hydrogen-bond donors (Lipinski definition) is 5. The zero-order chi connectivity index (χ0) is 23.7. The number of benzene rings is 2. The molecule has 6 N–H and O–H groups in total. The van der Waals surface area contributed by atoms with E-state index in [4.69, 9.17) is 16.1 Å². The second-order valence-electron chi connectivity index (χ2n) is 8.72. The van der Waals surface area contributed by atoms with Crippen LogP contribution in [0.2, 0.25) is 0 Å². The van der Waals surface area contributed by atoms with Gasteiger partial charge < -0.3 is 16.4 Å². The Bertz CT molecular complexity index is 1350. The van der Waals surface area contributed by atoms with Crippen molar-refractivity contribution in [3.05, 3.63) is 59.0 Å². The predicted molar refractivity (Wildman–Crippen MR) is 139 cm³/mol. The molecule has 1 amide bonds. The van der Waals surface area contributed by atoms with Gasteiger partial charge in [0.15, 0.2) is 5.96 Å². The number of aryl methyl sites for hydroxylation is 1. The molecule has 2 heterocycles. The highest BCUT2D eigenvalue weighted by atomic mass is 32.1. The molecule has 2 aromatic heterocycles. The molecule has 1 aliphatic carbocycles. The number of nitrogens with one attached hydrogen (secondary N) is 4. The lowest BCUT2D eigenvalue weighted by atomic mass is 9.90. The highest BCUT2D eigenvalue weighted by Gasteiger charge is 2.26. The topological polar surface area (TPSA) is 129 Å². The Morgan fingerprint density at radius 1 is 1.09 bits per heavy atom. The van der Waals surface area contributed by atoms with Crippen LogP contribution in [0.1, 0.15) is 40.9 Å². The van der Waals surface area contributed by atoms with Crippen LogP contribution in [-0.2, 0) is 0 Å². The first kappa shape index (κ1) is 22.1. The molecule has 0 aliphatic heterocycles. The molecule has 34 heavy (non-hydrogen) atoms. The predicted octanol–water partition coefficient (Wildman–Crippen LogP) is 4.61. The van der Waals surface area contributed by atoms with Gasteiger partial charge in [0, 0.05) is 22.2 Å². The first-order valence-electron chi connectivity index (χ1n) is 11.4. The Morgan fingerprint density at radius 2 is 1.88 bits per heavy atom. The smallest absolute Gasteiger partial charge is 0.268 e. The standard InChI is InChI=1S/C25H27N7OS/c1-14-10-11-17-16(12-14)22(28-18-7-3-4-8-19(18)29-24(26)27)31-25(30-17)32-23(33)21-13-15-6-2-5-9-20(15)34-21/h2,5-6,9-13,18-19H,3-4,7-8H2,1H3,(H4,26,27,29)(H2,28,30,31,32,33)/t18-,19+/m1/s1. The van der Waals surface area contributed by atoms with E-state index >= 15 is 0 Å². The summed E-state index contributed by atoms with van der Waals surface area (Å²) in [5.74, 6) is 0.668. The van der Waals surface area contributed by atoms with Crippen molar-refractivity contribution >= 4 is 56.0 Å². The lowest BCUT2D eigenvalue weighted by Gasteiger charge is -2.33. The first-order valence-corrected chi connectivity index (χ1v) is 12.2. The number of aromatic nitrogens is 2. The Balaban J connectivity index is 1.46. The van der Waals surface area contributed by atoms with Crippen LogP contribution in [0.15, 0.2) is 48.5 Å². The number of guanidine groups is 1. The van der Waals surface area contributed by atoms with Crippen LogP contribution in [0.4, 0.5) is 11.8 Å². The first-order chi connectivity index (χ1) is 16.5. The Hall–Kier alpha value is -3.72. The van der Waals surface area contributed by atoms with E-state index in [9.17, 15) is 4.79 Å². The molecule has 2 atom stereocenters. The van der Waals surface area contributed by atoms with E-state index in [-0.39, 0.29) is 29.9 Å². The summed E-state index contributed by atoms with van der Waals surface area (Å²) in [6.07, 6.45) is 4.04. The van der Waals surface area contributed by atoms with Crippen LogP contribution < -0.4 is 21.7 Å². The van der Waals surface area contributed by atoms with Gasteiger partial charge in [-0.05, 0) is 49.4 Å². The second-order valence-corrected chi connectivity index (χ2v) is 9.80. The summed E-state index contributed by atoms with van der Waals surface area (Å²) in [6, 6.07) is 15.9. The summed E-state index contributed by atoms with van der Waals surface area (Å²) in [5, 5.41) is 19.1. The largest absolute Gasteiger partial charge is 0.370 e. The summed E-state index contributed by atoms with van der Waals surface area (Å²) < 4.78 is 1.06. The third-order valence-electron chi connectivity index (χ3n) is 6.15. The zero-order valence-corrected chi connectivity index (χ0v) is 19.7. The van der Waals surface area contributed by atoms with Gasteiger partial charge in [-0.25, -0.2) is 4.98 Å². The lowest BCUT2D eigenvalue weighted by molar-refractivity contribution is 0.103. The maximum Gasteiger partial charge on any atom is 0.268 e. The normalized spacial score (nSPS) is 18.0. The van der Waals surface area contributed by atoms with Crippen molar-refractivity contribution in [1.82, 2.24) is 15.3 Å². The monoisotopic (exact) mass is 473 g/mol. The van der Waals surface area contributed by atoms with Gasteiger partial charge in [0.25, 0.3) is 5.91 Å². The van der Waals surface area contributed by atoms with Crippen molar-refractivity contribution in [3.63, 3.8) is 0 Å². The Labute approximate surface area is 201 Å². The molecule has 1 fully saturated rings. The maximum atomic E-state index is 13.0. The molecule has 1 aliphatic rings. The van der Waals surface area contributed by atoms with Gasteiger partial charge >= 0.3 is 0 Å². The average molecular weight is 474 g/mol. The van der Waals surface area contributed by atoms with E-state index in [0.717, 1.165) is 52.2 Å². The molecule has 0 unspecified atom stereocenters. The van der Waals surface area contributed by atoms with E-state index < -0.39 is 0 Å². The minimum absolute atomic E-state index is 0.0293. The zero-order valence-electron chi connectivity index (χ0n) is 18.9. The van der Waals surface area contributed by atoms with Crippen molar-refractivity contribution < 1.29 is 4.79 Å². The van der Waals surface area contributed by atoms with E-state index in [0.29, 0.717) is 10.7 Å². The van der Waals surface area contributed by atoms with Crippen molar-refractivity contribution in [3.8, 4) is 0 Å². The lowest BCUT2D eigenvalue weighted by Crippen LogP contribution is -2.50. The molecular formula is C25H27N7OS. The number of nitrogens with two attached hydrogens (primary N) is 1. The van der Waals surface area contributed by atoms with Crippen LogP contribution in [0.5, 0.6) is 0 Å². The number of thiophene rings is 1. The summed E-state index contributed by atoms with van der Waals surface area (Å²) in [5.41, 5.74) is 7.48. The fourth-order valence-corrected chi connectivity index (χ4v) is 5.47. The number of rotatable bonds is 5. The van der Waals surface area contributed by atoms with Gasteiger partial charge in [0.2, 0.25) is 5.95 Å². The van der Waals surface area contributed by atoms with Gasteiger partial charge in [0.1, 0.15) is 5.82 Å². The van der Waals surface area contributed by atoms with Gasteiger partial charge in [0.05, 0.1) is 10.4 Å². The van der Waals surface area contributed by atoms with E-state index in [1.54, 1.807) is 0 Å². The molecule has 5 rings (SSSR count). The van der Waals surface area contributed by atoms with Gasteiger partial charge in [-0.3, -0.25) is 15.5 Å². The fraction of sp³-hybridized carbons (Fsp3) is 0.280. The molecule has 174 valence electrons. The summed E-state index contributed by atoms with van der Waals surface area (Å²) in [4.78, 5) is 22.9. The molecule has 1 saturated carbocycles. The molecule has 8 nitrogen and oxygen atoms in total. The third kappa shape index (κ3) is 4.65. The number of hydrogen-bond acceptors (Lipinski definition) is 6. The minimum Gasteiger partial charge on any atom is -0.370 e. The third-order valence-corrected chi connectivity index (χ3v) is 7.27. The molecule has 9 heteroatoms. The van der Waals surface area contributed by atoms with E-state index in [1.807, 2.05) is 55.5 Å². The molecule has 2 aromatic carbocycles. The van der Waals surface area contributed by atoms with Gasteiger partial charge in [-0.2, -0.15) is 4.98 Å². The highest BCUT2D eigenvalue weighted by Crippen LogP contribution is 2.29. The quantitative estimate of drug-likeness (QED) is 0.213. The van der Waals surface area contributed by atoms with Crippen LogP contribution in [-0.4, -0.2) is 33.9 Å². The number of nitrogens with zero attached hydrogens (tertiary/aromatic N) is 2. The van der Waals surface area contributed by atoms with E-state index in [2.05, 4.69) is 20.9 Å². The molecule has 0 radical (unpaired) electrons. The van der Waals surface area contributed by atoms with Crippen molar-refractivity contribution in [2.45, 2.75) is 44.7 Å². The number of carbonyl (C=O) groups is 1. The molecule has 0 spiro atoms. The summed E-state index contributed by atoms with van der Waals surface area (Å²) in [6.45, 7) is 2.03. The molecule has 0 saturated heterocycles. The number of anilines is 2. The van der Waals surface area contributed by atoms with Gasteiger partial charge in [-0.15, -0.1) is 11.3 Å². The SMILES string of the molecule is Cc1ccc2nc(NC(=O)c3cc4ccccc4s3)nc(N[C@@H]3CCCC[C@@H]3NC(=N)N)c2c1. The maximum absolute atomic E-state index is 13.0. The Morgan fingerprint density at radius 3 is 2.68 bits per heavy atom. The summed E-state index contributed by atoms with van der Waals surface area (Å²) >= 11 is 1.45. The van der Waals surface area contributed by atoms with Crippen LogP contribution in [0.25, 0.3) is 21.0 Å². The van der Waals surface area contributed by atoms with Crippen molar-refractivity contribution in [2.75, 3.05) is 10.6 Å². The summed E-state index contributed by atoms with van der Waals surface area (Å²) in [7, 11) is 0. The Kier molecular flexibility index (Phi) is 6.02. The number of amides is 1. The van der Waals surface area contributed by atoms with Gasteiger partial charge in [-0.1, -0.05) is 42.7 Å². The highest BCUT2D eigenvalue weighted by molar-refractivity contribution is 7.20. The second kappa shape index (κ2) is 9.26. The van der Waals surface area contributed by atoms with Crippen LogP contribution in [0, 0.1) is 12.3 Å².